The second kappa shape index (κ2) is 9.01. The predicted molar refractivity (Wildman–Crippen MR) is 132 cm³/mol. The first-order valence-corrected chi connectivity index (χ1v) is 12.1. The largest absolute Gasteiger partial charge is 0.341 e. The molecule has 0 aliphatic heterocycles. The van der Waals surface area contributed by atoms with Crippen LogP contribution < -0.4 is 15.9 Å². The number of allylic oxidation sites excluding steroid dienone is 2. The maximum Gasteiger partial charge on any atom is 0.121 e. The number of H-pyrrole nitrogens is 1. The van der Waals surface area contributed by atoms with Crippen LogP contribution in [0.2, 0.25) is 0 Å². The van der Waals surface area contributed by atoms with Crippen molar-refractivity contribution in [2.75, 3.05) is 0 Å². The van der Waals surface area contributed by atoms with E-state index < -0.39 is 7.92 Å². The molecule has 0 saturated carbocycles. The van der Waals surface area contributed by atoms with Crippen LogP contribution in [0, 0.1) is 0 Å². The third-order valence-electron chi connectivity index (χ3n) is 5.72. The van der Waals surface area contributed by atoms with E-state index in [1.165, 1.54) is 21.5 Å². The number of para-hydroxylation sites is 2. The van der Waals surface area contributed by atoms with Gasteiger partial charge in [0.2, 0.25) is 0 Å². The second-order valence-corrected chi connectivity index (χ2v) is 10.1. The first kappa shape index (κ1) is 19.9. The van der Waals surface area contributed by atoms with Gasteiger partial charge in [0.25, 0.3) is 0 Å². The van der Waals surface area contributed by atoms with Crippen LogP contribution in [-0.2, 0) is 6.54 Å². The van der Waals surface area contributed by atoms with Gasteiger partial charge >= 0.3 is 0 Å². The molecule has 3 aromatic carbocycles. The van der Waals surface area contributed by atoms with Crippen LogP contribution in [0.4, 0.5) is 0 Å². The number of imidazole rings is 1. The van der Waals surface area contributed by atoms with E-state index in [0.717, 1.165) is 29.8 Å². The Kier molecular flexibility index (Phi) is 5.80. The molecule has 0 spiro atoms. The van der Waals surface area contributed by atoms with Crippen molar-refractivity contribution < 1.29 is 0 Å². The van der Waals surface area contributed by atoms with Crippen molar-refractivity contribution in [3.8, 4) is 0 Å². The molecule has 0 bridgehead atoms. The number of nitrogens with zero attached hydrogens (tertiary/aromatic N) is 1. The Morgan fingerprint density at radius 1 is 0.903 bits per heavy atom. The average Bonchev–Trinajstić information content (AvgIpc) is 3.46. The highest BCUT2D eigenvalue weighted by Gasteiger charge is 2.25. The van der Waals surface area contributed by atoms with Crippen molar-refractivity contribution in [1.29, 1.82) is 0 Å². The lowest BCUT2D eigenvalue weighted by Crippen LogP contribution is -2.28. The highest BCUT2D eigenvalue weighted by molar-refractivity contribution is 7.76. The molecule has 2 N–H and O–H groups in total. The molecular formula is C27H26N3P. The molecule has 5 rings (SSSR count). The summed E-state index contributed by atoms with van der Waals surface area (Å²) in [6.45, 7) is 2.98. The lowest BCUT2D eigenvalue weighted by atomic mass is 10.1. The number of hydrogen-bond donors (Lipinski definition) is 2. The van der Waals surface area contributed by atoms with Gasteiger partial charge in [0, 0.05) is 6.04 Å². The van der Waals surface area contributed by atoms with Crippen molar-refractivity contribution in [1.82, 2.24) is 15.3 Å². The summed E-state index contributed by atoms with van der Waals surface area (Å²) in [6.07, 6.45) is 5.64. The van der Waals surface area contributed by atoms with Gasteiger partial charge in [-0.15, -0.1) is 0 Å². The van der Waals surface area contributed by atoms with Gasteiger partial charge in [0.15, 0.2) is 0 Å². The van der Waals surface area contributed by atoms with E-state index >= 15 is 0 Å². The zero-order valence-corrected chi connectivity index (χ0v) is 18.5. The number of fused-ring (bicyclic) bond motifs is 1. The third-order valence-corrected chi connectivity index (χ3v) is 8.33. The van der Waals surface area contributed by atoms with E-state index in [1.54, 1.807) is 0 Å². The summed E-state index contributed by atoms with van der Waals surface area (Å²) in [5.41, 5.74) is 3.52. The van der Waals surface area contributed by atoms with Crippen LogP contribution in [0.15, 0.2) is 108 Å². The zero-order chi connectivity index (χ0) is 21.0. The van der Waals surface area contributed by atoms with Crippen LogP contribution in [0.3, 0.4) is 0 Å². The van der Waals surface area contributed by atoms with Gasteiger partial charge in [-0.05, 0) is 54.9 Å². The topological polar surface area (TPSA) is 40.7 Å². The first-order valence-electron chi connectivity index (χ1n) is 10.8. The van der Waals surface area contributed by atoms with Crippen LogP contribution in [0.25, 0.3) is 11.0 Å². The van der Waals surface area contributed by atoms with Crippen molar-refractivity contribution in [2.45, 2.75) is 25.9 Å². The Hall–Kier alpha value is -3.00. The van der Waals surface area contributed by atoms with Crippen molar-refractivity contribution in [3.05, 3.63) is 114 Å². The minimum atomic E-state index is -0.551. The summed E-state index contributed by atoms with van der Waals surface area (Å²) in [5.74, 6) is 0.977. The normalized spacial score (nSPS) is 14.6. The fraction of sp³-hybridized carbons (Fsp3) is 0.148. The summed E-state index contributed by atoms with van der Waals surface area (Å²) >= 11 is 0. The smallest absolute Gasteiger partial charge is 0.121 e. The minimum Gasteiger partial charge on any atom is -0.341 e. The molecule has 3 nitrogen and oxygen atoms in total. The molecule has 1 aromatic heterocycles. The third kappa shape index (κ3) is 4.25. The van der Waals surface area contributed by atoms with E-state index in [-0.39, 0.29) is 6.04 Å². The molecule has 4 aromatic rings. The van der Waals surface area contributed by atoms with Crippen LogP contribution in [0.1, 0.15) is 19.2 Å². The Morgan fingerprint density at radius 2 is 1.55 bits per heavy atom. The van der Waals surface area contributed by atoms with Crippen LogP contribution >= 0.6 is 7.92 Å². The highest BCUT2D eigenvalue weighted by atomic mass is 31.1. The standard InChI is InChI=1S/C27H26N3P/c1-20(28-19-27-29-24-16-8-9-17-25(24)30-27)23-15-10-18-26(23)31(21-11-4-2-5-12-21)22-13-6-3-7-14-22/h2-17,20,28H,18-19H2,1H3,(H,29,30)/t20-/m0/s1. The van der Waals surface area contributed by atoms with Gasteiger partial charge in [-0.1, -0.05) is 84.9 Å². The molecule has 0 fully saturated rings. The quantitative estimate of drug-likeness (QED) is 0.392. The Balaban J connectivity index is 1.43. The van der Waals surface area contributed by atoms with Gasteiger partial charge in [0.05, 0.1) is 17.6 Å². The summed E-state index contributed by atoms with van der Waals surface area (Å²) in [5, 5.41) is 8.05. The summed E-state index contributed by atoms with van der Waals surface area (Å²) < 4.78 is 0. The maximum atomic E-state index is 4.71. The highest BCUT2D eigenvalue weighted by Crippen LogP contribution is 2.49. The number of aromatic nitrogens is 2. The van der Waals surface area contributed by atoms with E-state index in [9.17, 15) is 0 Å². The van der Waals surface area contributed by atoms with Crippen LogP contribution in [-0.4, -0.2) is 16.0 Å². The fourth-order valence-corrected chi connectivity index (χ4v) is 6.87. The molecule has 0 unspecified atom stereocenters. The molecule has 1 atom stereocenters. The molecule has 0 radical (unpaired) electrons. The molecule has 154 valence electrons. The second-order valence-electron chi connectivity index (χ2n) is 7.82. The maximum absolute atomic E-state index is 4.71. The molecule has 1 aliphatic rings. The summed E-state index contributed by atoms with van der Waals surface area (Å²) in [4.78, 5) is 8.14. The number of hydrogen-bond acceptors (Lipinski definition) is 2. The summed E-state index contributed by atoms with van der Waals surface area (Å²) in [6, 6.07) is 30.3. The van der Waals surface area contributed by atoms with Crippen LogP contribution in [0.5, 0.6) is 0 Å². The van der Waals surface area contributed by atoms with E-state index in [1.807, 2.05) is 18.2 Å². The monoisotopic (exact) mass is 423 g/mol. The Morgan fingerprint density at radius 3 is 2.23 bits per heavy atom. The number of aromatic amines is 1. The van der Waals surface area contributed by atoms with Gasteiger partial charge in [-0.2, -0.15) is 0 Å². The number of nitrogens with one attached hydrogen (secondary N) is 2. The van der Waals surface area contributed by atoms with Gasteiger partial charge in [-0.3, -0.25) is 0 Å². The van der Waals surface area contributed by atoms with Crippen molar-refractivity contribution in [2.24, 2.45) is 0 Å². The lowest BCUT2D eigenvalue weighted by molar-refractivity contribution is 0.602. The zero-order valence-electron chi connectivity index (χ0n) is 17.6. The minimum absolute atomic E-state index is 0.249. The molecule has 1 aliphatic carbocycles. The molecule has 4 heteroatoms. The van der Waals surface area contributed by atoms with Gasteiger partial charge < -0.3 is 10.3 Å². The summed E-state index contributed by atoms with van der Waals surface area (Å²) in [7, 11) is -0.551. The van der Waals surface area contributed by atoms with Crippen molar-refractivity contribution in [3.63, 3.8) is 0 Å². The average molecular weight is 424 g/mol. The molecular weight excluding hydrogens is 397 g/mol. The van der Waals surface area contributed by atoms with Crippen molar-refractivity contribution >= 4 is 29.6 Å². The van der Waals surface area contributed by atoms with E-state index in [4.69, 9.17) is 4.98 Å². The predicted octanol–water partition coefficient (Wildman–Crippen LogP) is 5.39. The lowest BCUT2D eigenvalue weighted by Gasteiger charge is -2.24. The van der Waals surface area contributed by atoms with E-state index in [2.05, 4.69) is 96.1 Å². The molecule has 1 heterocycles. The number of rotatable bonds is 7. The number of benzene rings is 3. The fourth-order valence-electron chi connectivity index (χ4n) is 4.19. The SMILES string of the molecule is C[C@H](NCc1nc2ccccc2[nH]1)C1=C(P(c2ccccc2)c2ccccc2)CC=C1. The first-order chi connectivity index (χ1) is 15.3. The Labute approximate surface area is 184 Å². The Bertz CT molecular complexity index is 1150. The molecule has 0 saturated heterocycles. The molecule has 0 amide bonds. The van der Waals surface area contributed by atoms with Gasteiger partial charge in [-0.25, -0.2) is 4.98 Å². The van der Waals surface area contributed by atoms with E-state index in [0.29, 0.717) is 0 Å². The molecule has 31 heavy (non-hydrogen) atoms. The van der Waals surface area contributed by atoms with Gasteiger partial charge in [0.1, 0.15) is 5.82 Å².